The van der Waals surface area contributed by atoms with Gasteiger partial charge in [-0.1, -0.05) is 18.6 Å². The second-order valence-corrected chi connectivity index (χ2v) is 7.00. The van der Waals surface area contributed by atoms with Gasteiger partial charge in [-0.2, -0.15) is 0 Å². The van der Waals surface area contributed by atoms with E-state index in [2.05, 4.69) is 5.32 Å². The van der Waals surface area contributed by atoms with Crippen LogP contribution < -0.4 is 11.1 Å². The SMILES string of the molecule is Cc1ccc(CNC(=O)C2CC3CCCC(C2)C3N)cc1F. The molecular weight excluding hydrogens is 279 g/mol. The Balaban J connectivity index is 1.57. The van der Waals surface area contributed by atoms with Crippen molar-refractivity contribution in [1.82, 2.24) is 5.32 Å². The number of halogens is 1. The first-order chi connectivity index (χ1) is 10.5. The molecule has 0 heterocycles. The van der Waals surface area contributed by atoms with Crippen molar-refractivity contribution in [3.8, 4) is 0 Å². The Morgan fingerprint density at radius 3 is 2.64 bits per heavy atom. The van der Waals surface area contributed by atoms with E-state index in [1.807, 2.05) is 6.07 Å². The topological polar surface area (TPSA) is 55.1 Å². The Hall–Kier alpha value is -1.42. The number of rotatable bonds is 3. The molecule has 1 amide bonds. The third kappa shape index (κ3) is 3.17. The molecule has 120 valence electrons. The van der Waals surface area contributed by atoms with Crippen molar-refractivity contribution >= 4 is 5.91 Å². The summed E-state index contributed by atoms with van der Waals surface area (Å²) >= 11 is 0. The molecule has 3 rings (SSSR count). The van der Waals surface area contributed by atoms with E-state index in [1.165, 1.54) is 12.5 Å². The Morgan fingerprint density at radius 2 is 2.00 bits per heavy atom. The van der Waals surface area contributed by atoms with Crippen LogP contribution in [0.5, 0.6) is 0 Å². The van der Waals surface area contributed by atoms with Crippen molar-refractivity contribution in [2.75, 3.05) is 0 Å². The molecule has 2 saturated carbocycles. The van der Waals surface area contributed by atoms with E-state index in [-0.39, 0.29) is 23.7 Å². The van der Waals surface area contributed by atoms with Gasteiger partial charge in [0.1, 0.15) is 5.82 Å². The van der Waals surface area contributed by atoms with Crippen LogP contribution in [-0.4, -0.2) is 11.9 Å². The van der Waals surface area contributed by atoms with Crippen molar-refractivity contribution in [2.45, 2.75) is 51.6 Å². The zero-order chi connectivity index (χ0) is 15.7. The number of amides is 1. The maximum atomic E-state index is 13.5. The lowest BCUT2D eigenvalue weighted by molar-refractivity contribution is -0.128. The molecule has 3 N–H and O–H groups in total. The van der Waals surface area contributed by atoms with Crippen LogP contribution in [0.25, 0.3) is 0 Å². The van der Waals surface area contributed by atoms with Crippen molar-refractivity contribution < 1.29 is 9.18 Å². The van der Waals surface area contributed by atoms with Gasteiger partial charge in [-0.05, 0) is 61.6 Å². The summed E-state index contributed by atoms with van der Waals surface area (Å²) in [6.45, 7) is 2.13. The fourth-order valence-corrected chi connectivity index (χ4v) is 4.08. The number of carbonyl (C=O) groups excluding carboxylic acids is 1. The molecule has 0 radical (unpaired) electrons. The van der Waals surface area contributed by atoms with E-state index < -0.39 is 0 Å². The highest BCUT2D eigenvalue weighted by Gasteiger charge is 2.40. The second kappa shape index (κ2) is 6.37. The van der Waals surface area contributed by atoms with Crippen molar-refractivity contribution in [2.24, 2.45) is 23.5 Å². The van der Waals surface area contributed by atoms with Crippen molar-refractivity contribution in [1.29, 1.82) is 0 Å². The standard InChI is InChI=1S/C18H25FN2O/c1-11-5-6-12(7-16(11)19)10-21-18(22)15-8-13-3-2-4-14(9-15)17(13)20/h5-7,13-15,17H,2-4,8-10,20H2,1H3,(H,21,22). The van der Waals surface area contributed by atoms with E-state index in [1.54, 1.807) is 13.0 Å². The smallest absolute Gasteiger partial charge is 0.223 e. The first-order valence-electron chi connectivity index (χ1n) is 8.33. The minimum Gasteiger partial charge on any atom is -0.352 e. The Kier molecular flexibility index (Phi) is 4.48. The molecular formula is C18H25FN2O. The number of carbonyl (C=O) groups is 1. The molecule has 0 saturated heterocycles. The van der Waals surface area contributed by atoms with Crippen LogP contribution in [-0.2, 0) is 11.3 Å². The van der Waals surface area contributed by atoms with Gasteiger partial charge >= 0.3 is 0 Å². The largest absolute Gasteiger partial charge is 0.352 e. The van der Waals surface area contributed by atoms with E-state index in [9.17, 15) is 9.18 Å². The van der Waals surface area contributed by atoms with Crippen LogP contribution in [0, 0.1) is 30.5 Å². The highest BCUT2D eigenvalue weighted by molar-refractivity contribution is 5.78. The minimum absolute atomic E-state index is 0.0744. The molecule has 3 nitrogen and oxygen atoms in total. The maximum absolute atomic E-state index is 13.5. The number of hydrogen-bond acceptors (Lipinski definition) is 2. The molecule has 4 heteroatoms. The van der Waals surface area contributed by atoms with Crippen LogP contribution in [0.1, 0.15) is 43.2 Å². The summed E-state index contributed by atoms with van der Waals surface area (Å²) in [6.07, 6.45) is 5.38. The molecule has 0 spiro atoms. The minimum atomic E-state index is -0.218. The summed E-state index contributed by atoms with van der Waals surface area (Å²) < 4.78 is 13.5. The van der Waals surface area contributed by atoms with Crippen LogP contribution in [0.15, 0.2) is 18.2 Å². The van der Waals surface area contributed by atoms with Gasteiger partial charge < -0.3 is 11.1 Å². The highest BCUT2D eigenvalue weighted by Crippen LogP contribution is 2.41. The zero-order valence-corrected chi connectivity index (χ0v) is 13.1. The molecule has 2 fully saturated rings. The van der Waals surface area contributed by atoms with E-state index in [0.717, 1.165) is 31.2 Å². The number of aryl methyl sites for hydroxylation is 1. The quantitative estimate of drug-likeness (QED) is 0.902. The number of hydrogen-bond donors (Lipinski definition) is 2. The molecule has 0 aromatic heterocycles. The van der Waals surface area contributed by atoms with Gasteiger partial charge in [-0.15, -0.1) is 0 Å². The predicted octanol–water partition coefficient (Wildman–Crippen LogP) is 2.90. The van der Waals surface area contributed by atoms with Gasteiger partial charge in [0.05, 0.1) is 0 Å². The third-order valence-electron chi connectivity index (χ3n) is 5.49. The summed E-state index contributed by atoms with van der Waals surface area (Å²) in [5, 5.41) is 2.97. The number of nitrogens with one attached hydrogen (secondary N) is 1. The lowest BCUT2D eigenvalue weighted by Gasteiger charge is -2.43. The lowest BCUT2D eigenvalue weighted by atomic mass is 9.65. The van der Waals surface area contributed by atoms with Crippen LogP contribution in [0.4, 0.5) is 4.39 Å². The van der Waals surface area contributed by atoms with Crippen LogP contribution >= 0.6 is 0 Å². The van der Waals surface area contributed by atoms with Gasteiger partial charge in [0.15, 0.2) is 0 Å². The fraction of sp³-hybridized carbons (Fsp3) is 0.611. The molecule has 2 aliphatic carbocycles. The number of fused-ring (bicyclic) bond motifs is 2. The number of nitrogens with two attached hydrogens (primary N) is 1. The van der Waals surface area contributed by atoms with E-state index in [4.69, 9.17) is 5.73 Å². The maximum Gasteiger partial charge on any atom is 0.223 e. The Labute approximate surface area is 131 Å². The van der Waals surface area contributed by atoms with Gasteiger partial charge in [-0.3, -0.25) is 4.79 Å². The summed E-state index contributed by atoms with van der Waals surface area (Å²) in [4.78, 5) is 12.4. The summed E-state index contributed by atoms with van der Waals surface area (Å²) in [5.74, 6) is 0.959. The second-order valence-electron chi connectivity index (χ2n) is 7.00. The third-order valence-corrected chi connectivity index (χ3v) is 5.49. The molecule has 2 aliphatic rings. The van der Waals surface area contributed by atoms with E-state index >= 15 is 0 Å². The normalized spacial score (nSPS) is 30.9. The monoisotopic (exact) mass is 304 g/mol. The Bertz CT molecular complexity index is 546. The predicted molar refractivity (Wildman–Crippen MR) is 84.5 cm³/mol. The summed E-state index contributed by atoms with van der Waals surface area (Å²) in [6, 6.07) is 5.40. The summed E-state index contributed by atoms with van der Waals surface area (Å²) in [5.41, 5.74) is 7.71. The average molecular weight is 304 g/mol. The zero-order valence-electron chi connectivity index (χ0n) is 13.1. The molecule has 2 unspecified atom stereocenters. The molecule has 2 bridgehead atoms. The summed E-state index contributed by atoms with van der Waals surface area (Å²) in [7, 11) is 0. The van der Waals surface area contributed by atoms with Crippen LogP contribution in [0.2, 0.25) is 0 Å². The molecule has 2 atom stereocenters. The van der Waals surface area contributed by atoms with Gasteiger partial charge in [-0.25, -0.2) is 4.39 Å². The van der Waals surface area contributed by atoms with Crippen LogP contribution in [0.3, 0.4) is 0 Å². The fourth-order valence-electron chi connectivity index (χ4n) is 4.08. The van der Waals surface area contributed by atoms with Gasteiger partial charge in [0, 0.05) is 18.5 Å². The Morgan fingerprint density at radius 1 is 1.32 bits per heavy atom. The average Bonchev–Trinajstić information content (AvgIpc) is 2.48. The molecule has 1 aromatic carbocycles. The highest BCUT2D eigenvalue weighted by atomic mass is 19.1. The molecule has 22 heavy (non-hydrogen) atoms. The number of benzene rings is 1. The van der Waals surface area contributed by atoms with Gasteiger partial charge in [0.25, 0.3) is 0 Å². The lowest BCUT2D eigenvalue weighted by Crippen LogP contribution is -2.49. The van der Waals surface area contributed by atoms with Crippen molar-refractivity contribution in [3.05, 3.63) is 35.1 Å². The van der Waals surface area contributed by atoms with E-state index in [0.29, 0.717) is 23.9 Å². The van der Waals surface area contributed by atoms with Crippen molar-refractivity contribution in [3.63, 3.8) is 0 Å². The molecule has 1 aromatic rings. The first kappa shape index (κ1) is 15.5. The first-order valence-corrected chi connectivity index (χ1v) is 8.33. The van der Waals surface area contributed by atoms with Gasteiger partial charge in [0.2, 0.25) is 5.91 Å². The molecule has 0 aliphatic heterocycles.